The van der Waals surface area contributed by atoms with Crippen LogP contribution in [-0.4, -0.2) is 27.8 Å². The maximum absolute atomic E-state index is 12.0. The molecule has 0 atom stereocenters. The van der Waals surface area contributed by atoms with E-state index in [1.807, 2.05) is 33.8 Å². The zero-order valence-corrected chi connectivity index (χ0v) is 16.7. The van der Waals surface area contributed by atoms with E-state index in [4.69, 9.17) is 11.6 Å². The predicted octanol–water partition coefficient (Wildman–Crippen LogP) is 4.22. The van der Waals surface area contributed by atoms with Gasteiger partial charge in [-0.05, 0) is 24.6 Å². The fourth-order valence-corrected chi connectivity index (χ4v) is 3.33. The topological polar surface area (TPSA) is 84.0 Å². The van der Waals surface area contributed by atoms with Gasteiger partial charge in [0.1, 0.15) is 0 Å². The maximum atomic E-state index is 12.0. The Morgan fingerprint density at radius 3 is 2.60 bits per heavy atom. The third kappa shape index (κ3) is 5.98. The highest BCUT2D eigenvalue weighted by Crippen LogP contribution is 2.27. The van der Waals surface area contributed by atoms with Crippen molar-refractivity contribution < 1.29 is 9.59 Å². The molecule has 9 heteroatoms. The molecule has 0 unspecified atom stereocenters. The second kappa shape index (κ2) is 8.16. The van der Waals surface area contributed by atoms with Crippen molar-refractivity contribution in [1.82, 2.24) is 10.2 Å². The molecular formula is C16H19ClN4O2S2. The minimum Gasteiger partial charge on any atom is -0.325 e. The van der Waals surface area contributed by atoms with Gasteiger partial charge in [-0.25, -0.2) is 0 Å². The first-order chi connectivity index (χ1) is 11.6. The zero-order valence-electron chi connectivity index (χ0n) is 14.3. The molecule has 1 heterocycles. The standard InChI is InChI=1S/C16H19ClN4O2S2/c1-9-5-6-10(7-11(9)17)18-12(22)8-24-15-21-20-14(25-15)19-13(23)16(2,3)4/h5-7H,8H2,1-4H3,(H,18,22)(H,19,20,23). The Balaban J connectivity index is 1.86. The van der Waals surface area contributed by atoms with Crippen molar-refractivity contribution in [3.05, 3.63) is 28.8 Å². The molecule has 0 aliphatic heterocycles. The Morgan fingerprint density at radius 1 is 1.24 bits per heavy atom. The van der Waals surface area contributed by atoms with Crippen LogP contribution in [0.25, 0.3) is 0 Å². The van der Waals surface area contributed by atoms with Gasteiger partial charge in [0.15, 0.2) is 4.34 Å². The summed E-state index contributed by atoms with van der Waals surface area (Å²) in [6.07, 6.45) is 0. The van der Waals surface area contributed by atoms with Crippen LogP contribution in [0.4, 0.5) is 10.8 Å². The van der Waals surface area contributed by atoms with Crippen LogP contribution < -0.4 is 10.6 Å². The molecule has 2 aromatic rings. The molecule has 0 saturated carbocycles. The monoisotopic (exact) mass is 398 g/mol. The lowest BCUT2D eigenvalue weighted by atomic mass is 9.96. The average molecular weight is 399 g/mol. The Morgan fingerprint density at radius 2 is 1.96 bits per heavy atom. The predicted molar refractivity (Wildman–Crippen MR) is 104 cm³/mol. The van der Waals surface area contributed by atoms with Gasteiger partial charge in [-0.3, -0.25) is 9.59 Å². The minimum atomic E-state index is -0.506. The van der Waals surface area contributed by atoms with Crippen molar-refractivity contribution in [2.75, 3.05) is 16.4 Å². The zero-order chi connectivity index (χ0) is 18.6. The molecule has 0 spiro atoms. The molecule has 0 radical (unpaired) electrons. The lowest BCUT2D eigenvalue weighted by molar-refractivity contribution is -0.123. The number of aryl methyl sites for hydroxylation is 1. The smallest absolute Gasteiger partial charge is 0.234 e. The van der Waals surface area contributed by atoms with Gasteiger partial charge in [0, 0.05) is 16.1 Å². The molecule has 0 aliphatic carbocycles. The molecule has 0 fully saturated rings. The number of hydrogen-bond donors (Lipinski definition) is 2. The van der Waals surface area contributed by atoms with Gasteiger partial charge in [0.2, 0.25) is 16.9 Å². The number of halogens is 1. The first-order valence-corrected chi connectivity index (χ1v) is 9.67. The van der Waals surface area contributed by atoms with Crippen molar-refractivity contribution in [3.63, 3.8) is 0 Å². The number of rotatable bonds is 5. The molecule has 0 bridgehead atoms. The number of nitrogens with one attached hydrogen (secondary N) is 2. The Bertz CT molecular complexity index is 787. The van der Waals surface area contributed by atoms with Gasteiger partial charge in [-0.2, -0.15) is 0 Å². The molecule has 0 saturated heterocycles. The van der Waals surface area contributed by atoms with Gasteiger partial charge >= 0.3 is 0 Å². The first kappa shape index (κ1) is 19.7. The average Bonchev–Trinajstić information content (AvgIpc) is 2.95. The lowest BCUT2D eigenvalue weighted by Crippen LogP contribution is -2.27. The van der Waals surface area contributed by atoms with Crippen LogP contribution in [0.1, 0.15) is 26.3 Å². The Kier molecular flexibility index (Phi) is 6.42. The summed E-state index contributed by atoms with van der Waals surface area (Å²) in [7, 11) is 0. The highest BCUT2D eigenvalue weighted by molar-refractivity contribution is 8.01. The van der Waals surface area contributed by atoms with Crippen molar-refractivity contribution in [1.29, 1.82) is 0 Å². The van der Waals surface area contributed by atoms with Crippen LogP contribution in [0, 0.1) is 12.3 Å². The summed E-state index contributed by atoms with van der Waals surface area (Å²) in [5, 5.41) is 14.4. The number of nitrogens with zero attached hydrogens (tertiary/aromatic N) is 2. The van der Waals surface area contributed by atoms with E-state index < -0.39 is 5.41 Å². The normalized spacial score (nSPS) is 11.2. The molecule has 0 aliphatic rings. The van der Waals surface area contributed by atoms with E-state index in [1.54, 1.807) is 12.1 Å². The number of thioether (sulfide) groups is 1. The summed E-state index contributed by atoms with van der Waals surface area (Å²) in [6.45, 7) is 7.36. The second-order valence-corrected chi connectivity index (χ2v) is 8.99. The van der Waals surface area contributed by atoms with Crippen molar-refractivity contribution in [2.45, 2.75) is 32.0 Å². The number of amides is 2. The molecule has 2 N–H and O–H groups in total. The van der Waals surface area contributed by atoms with Crippen molar-refractivity contribution in [2.24, 2.45) is 5.41 Å². The number of carbonyl (C=O) groups excluding carboxylic acids is 2. The molecule has 2 amide bonds. The van der Waals surface area contributed by atoms with E-state index in [0.717, 1.165) is 5.56 Å². The molecular weight excluding hydrogens is 380 g/mol. The van der Waals surface area contributed by atoms with Gasteiger partial charge in [0.05, 0.1) is 5.75 Å². The molecule has 1 aromatic heterocycles. The molecule has 6 nitrogen and oxygen atoms in total. The number of benzene rings is 1. The van der Waals surface area contributed by atoms with Crippen LogP contribution in [0.3, 0.4) is 0 Å². The molecule has 25 heavy (non-hydrogen) atoms. The number of carbonyl (C=O) groups is 2. The number of aromatic nitrogens is 2. The summed E-state index contributed by atoms with van der Waals surface area (Å²) in [6, 6.07) is 5.36. The summed E-state index contributed by atoms with van der Waals surface area (Å²) in [5.74, 6) is -0.109. The summed E-state index contributed by atoms with van der Waals surface area (Å²) in [5.41, 5.74) is 1.10. The fraction of sp³-hybridized carbons (Fsp3) is 0.375. The summed E-state index contributed by atoms with van der Waals surface area (Å²) >= 11 is 8.54. The van der Waals surface area contributed by atoms with Gasteiger partial charge in [0.25, 0.3) is 0 Å². The Labute approximate surface area is 159 Å². The van der Waals surface area contributed by atoms with Crippen LogP contribution in [0.2, 0.25) is 5.02 Å². The van der Waals surface area contributed by atoms with Crippen LogP contribution in [0.15, 0.2) is 22.5 Å². The van der Waals surface area contributed by atoms with Crippen LogP contribution in [-0.2, 0) is 9.59 Å². The molecule has 2 rings (SSSR count). The van der Waals surface area contributed by atoms with Crippen molar-refractivity contribution >= 4 is 57.3 Å². The summed E-state index contributed by atoms with van der Waals surface area (Å²) in [4.78, 5) is 23.9. The lowest BCUT2D eigenvalue weighted by Gasteiger charge is -2.15. The molecule has 1 aromatic carbocycles. The van der Waals surface area contributed by atoms with Crippen LogP contribution in [0.5, 0.6) is 0 Å². The van der Waals surface area contributed by atoms with E-state index in [2.05, 4.69) is 20.8 Å². The SMILES string of the molecule is Cc1ccc(NC(=O)CSc2nnc(NC(=O)C(C)(C)C)s2)cc1Cl. The summed E-state index contributed by atoms with van der Waals surface area (Å²) < 4.78 is 0.612. The van der Waals surface area contributed by atoms with E-state index >= 15 is 0 Å². The highest BCUT2D eigenvalue weighted by atomic mass is 35.5. The highest BCUT2D eigenvalue weighted by Gasteiger charge is 2.22. The van der Waals surface area contributed by atoms with Gasteiger partial charge in [-0.1, -0.05) is 61.5 Å². The Hall–Kier alpha value is -1.64. The van der Waals surface area contributed by atoms with E-state index in [-0.39, 0.29) is 17.6 Å². The van der Waals surface area contributed by atoms with Crippen LogP contribution >= 0.6 is 34.7 Å². The minimum absolute atomic E-state index is 0.130. The van der Waals surface area contributed by atoms with Gasteiger partial charge in [-0.15, -0.1) is 10.2 Å². The van der Waals surface area contributed by atoms with E-state index in [1.165, 1.54) is 23.1 Å². The second-order valence-electron chi connectivity index (χ2n) is 6.38. The molecule has 134 valence electrons. The first-order valence-electron chi connectivity index (χ1n) is 7.49. The maximum Gasteiger partial charge on any atom is 0.234 e. The third-order valence-corrected chi connectivity index (χ3v) is 5.47. The largest absolute Gasteiger partial charge is 0.325 e. The quantitative estimate of drug-likeness (QED) is 0.582. The number of hydrogen-bond acceptors (Lipinski definition) is 6. The number of anilines is 2. The fourth-order valence-electron chi connectivity index (χ4n) is 1.60. The van der Waals surface area contributed by atoms with E-state index in [9.17, 15) is 9.59 Å². The van der Waals surface area contributed by atoms with Gasteiger partial charge < -0.3 is 10.6 Å². The third-order valence-electron chi connectivity index (χ3n) is 3.09. The van der Waals surface area contributed by atoms with Crippen molar-refractivity contribution in [3.8, 4) is 0 Å². The van der Waals surface area contributed by atoms with E-state index in [0.29, 0.717) is 20.2 Å².